The van der Waals surface area contributed by atoms with Crippen molar-refractivity contribution >= 4 is 5.84 Å². The van der Waals surface area contributed by atoms with Crippen molar-refractivity contribution in [3.05, 3.63) is 24.6 Å². The molecule has 0 radical (unpaired) electrons. The lowest BCUT2D eigenvalue weighted by Crippen LogP contribution is -2.18. The van der Waals surface area contributed by atoms with Gasteiger partial charge >= 0.3 is 0 Å². The summed E-state index contributed by atoms with van der Waals surface area (Å²) >= 11 is 0. The van der Waals surface area contributed by atoms with Crippen LogP contribution in [0.1, 0.15) is 27.7 Å². The Morgan fingerprint density at radius 2 is 1.92 bits per heavy atom. The molecule has 0 aromatic rings. The maximum Gasteiger partial charge on any atom is 0.120 e. The fourth-order valence-corrected chi connectivity index (χ4v) is 0.710. The molecular weight excluding hydrogens is 162 g/mol. The molecule has 0 fully saturated rings. The highest BCUT2D eigenvalue weighted by Gasteiger charge is 2.05. The van der Waals surface area contributed by atoms with Gasteiger partial charge < -0.3 is 11.1 Å². The van der Waals surface area contributed by atoms with E-state index >= 15 is 0 Å². The monoisotopic (exact) mass is 181 g/mol. The van der Waals surface area contributed by atoms with Gasteiger partial charge in [-0.05, 0) is 40.0 Å². The Kier molecular flexibility index (Phi) is 4.89. The molecule has 3 nitrogen and oxygen atoms in total. The number of allylic oxidation sites excluding steroid dienone is 1. The third-order valence-electron chi connectivity index (χ3n) is 1.08. The van der Waals surface area contributed by atoms with Gasteiger partial charge in [-0.2, -0.15) is 0 Å². The van der Waals surface area contributed by atoms with Crippen molar-refractivity contribution in [1.29, 1.82) is 0 Å². The molecule has 3 N–H and O–H groups in total. The van der Waals surface area contributed by atoms with Crippen molar-refractivity contribution in [1.82, 2.24) is 5.32 Å². The van der Waals surface area contributed by atoms with Crippen LogP contribution in [0.4, 0.5) is 0 Å². The number of hydrogen-bond donors (Lipinski definition) is 2. The zero-order chi connectivity index (χ0) is 10.3. The highest BCUT2D eigenvalue weighted by molar-refractivity contribution is 5.91. The van der Waals surface area contributed by atoms with Crippen LogP contribution in [-0.4, -0.2) is 11.4 Å². The first-order valence-electron chi connectivity index (χ1n) is 4.35. The molecule has 0 aliphatic carbocycles. The Labute approximate surface area is 80.4 Å². The predicted molar refractivity (Wildman–Crippen MR) is 58.5 cm³/mol. The standard InChI is InChI=1S/C10H19N3/c1-5-7-12-8-6-9(11)13-10(2,3)4/h5-8,12H,1-4H3,(H2,11,13)/b7-5-,8-6?. The molecule has 0 heterocycles. The van der Waals surface area contributed by atoms with Gasteiger partial charge in [0.2, 0.25) is 0 Å². The highest BCUT2D eigenvalue weighted by Crippen LogP contribution is 2.05. The van der Waals surface area contributed by atoms with Crippen LogP contribution in [0.3, 0.4) is 0 Å². The minimum absolute atomic E-state index is 0.116. The van der Waals surface area contributed by atoms with Gasteiger partial charge in [-0.3, -0.25) is 4.99 Å². The van der Waals surface area contributed by atoms with Gasteiger partial charge in [0.1, 0.15) is 5.84 Å². The lowest BCUT2D eigenvalue weighted by atomic mass is 10.1. The molecule has 0 unspecified atom stereocenters. The van der Waals surface area contributed by atoms with Crippen LogP contribution >= 0.6 is 0 Å². The molecule has 0 aromatic carbocycles. The highest BCUT2D eigenvalue weighted by atomic mass is 14.9. The molecule has 3 heteroatoms. The number of hydrogen-bond acceptors (Lipinski definition) is 2. The molecular formula is C10H19N3. The molecule has 0 spiro atoms. The molecule has 74 valence electrons. The van der Waals surface area contributed by atoms with Gasteiger partial charge in [0.15, 0.2) is 0 Å². The summed E-state index contributed by atoms with van der Waals surface area (Å²) in [6, 6.07) is 0. The Morgan fingerprint density at radius 1 is 1.31 bits per heavy atom. The fourth-order valence-electron chi connectivity index (χ4n) is 0.710. The molecule has 0 atom stereocenters. The van der Waals surface area contributed by atoms with E-state index in [0.29, 0.717) is 5.84 Å². The largest absolute Gasteiger partial charge is 0.384 e. The smallest absolute Gasteiger partial charge is 0.120 e. The molecule has 0 aliphatic heterocycles. The maximum absolute atomic E-state index is 5.64. The Balaban J connectivity index is 4.06. The van der Waals surface area contributed by atoms with Crippen molar-refractivity contribution in [2.75, 3.05) is 0 Å². The van der Waals surface area contributed by atoms with Gasteiger partial charge in [-0.25, -0.2) is 0 Å². The van der Waals surface area contributed by atoms with E-state index in [9.17, 15) is 0 Å². The SMILES string of the molecule is C/C=C\NC=CC(N)=NC(C)(C)C. The minimum Gasteiger partial charge on any atom is -0.384 e. The second kappa shape index (κ2) is 5.41. The van der Waals surface area contributed by atoms with Crippen LogP contribution in [0.25, 0.3) is 0 Å². The first-order chi connectivity index (χ1) is 5.95. The van der Waals surface area contributed by atoms with Crippen LogP contribution in [0.2, 0.25) is 0 Å². The van der Waals surface area contributed by atoms with Gasteiger partial charge in [0.05, 0.1) is 5.54 Å². The third kappa shape index (κ3) is 8.66. The van der Waals surface area contributed by atoms with Gasteiger partial charge in [0, 0.05) is 6.20 Å². The van der Waals surface area contributed by atoms with E-state index in [1.54, 1.807) is 12.3 Å². The van der Waals surface area contributed by atoms with Crippen molar-refractivity contribution in [3.63, 3.8) is 0 Å². The zero-order valence-electron chi connectivity index (χ0n) is 8.83. The molecule has 0 amide bonds. The fraction of sp³-hybridized carbons (Fsp3) is 0.500. The second-order valence-corrected chi connectivity index (χ2v) is 3.71. The zero-order valence-corrected chi connectivity index (χ0v) is 8.83. The maximum atomic E-state index is 5.64. The number of amidine groups is 1. The average molecular weight is 181 g/mol. The van der Waals surface area contributed by atoms with E-state index < -0.39 is 0 Å². The first-order valence-corrected chi connectivity index (χ1v) is 4.35. The molecule has 0 saturated carbocycles. The van der Waals surface area contributed by atoms with Gasteiger partial charge in [0.25, 0.3) is 0 Å². The van der Waals surface area contributed by atoms with E-state index in [1.807, 2.05) is 40.0 Å². The number of nitrogens with one attached hydrogen (secondary N) is 1. The van der Waals surface area contributed by atoms with Crippen LogP contribution in [0.15, 0.2) is 29.5 Å². The van der Waals surface area contributed by atoms with E-state index in [0.717, 1.165) is 0 Å². The van der Waals surface area contributed by atoms with Gasteiger partial charge in [-0.1, -0.05) is 6.08 Å². The van der Waals surface area contributed by atoms with E-state index in [-0.39, 0.29) is 5.54 Å². The summed E-state index contributed by atoms with van der Waals surface area (Å²) < 4.78 is 0. The summed E-state index contributed by atoms with van der Waals surface area (Å²) in [7, 11) is 0. The van der Waals surface area contributed by atoms with E-state index in [2.05, 4.69) is 10.3 Å². The summed E-state index contributed by atoms with van der Waals surface area (Å²) in [5.41, 5.74) is 5.53. The van der Waals surface area contributed by atoms with Crippen molar-refractivity contribution < 1.29 is 0 Å². The van der Waals surface area contributed by atoms with Crippen molar-refractivity contribution in [2.24, 2.45) is 10.7 Å². The van der Waals surface area contributed by atoms with Gasteiger partial charge in [-0.15, -0.1) is 0 Å². The van der Waals surface area contributed by atoms with E-state index in [4.69, 9.17) is 5.73 Å². The Hall–Kier alpha value is -1.25. The summed E-state index contributed by atoms with van der Waals surface area (Å²) in [6.07, 6.45) is 7.22. The number of nitrogens with two attached hydrogens (primary N) is 1. The quantitative estimate of drug-likeness (QED) is 0.515. The molecule has 0 saturated heterocycles. The molecule has 13 heavy (non-hydrogen) atoms. The summed E-state index contributed by atoms with van der Waals surface area (Å²) in [6.45, 7) is 7.96. The Bertz CT molecular complexity index is 219. The van der Waals surface area contributed by atoms with Crippen LogP contribution < -0.4 is 11.1 Å². The molecule has 0 bridgehead atoms. The van der Waals surface area contributed by atoms with E-state index in [1.165, 1.54) is 0 Å². The normalized spacial score (nSPS) is 14.3. The average Bonchev–Trinajstić information content (AvgIpc) is 1.94. The summed E-state index contributed by atoms with van der Waals surface area (Å²) in [4.78, 5) is 4.25. The predicted octanol–water partition coefficient (Wildman–Crippen LogP) is 1.78. The summed E-state index contributed by atoms with van der Waals surface area (Å²) in [5, 5.41) is 2.93. The topological polar surface area (TPSA) is 50.4 Å². The molecule has 0 aromatic heterocycles. The van der Waals surface area contributed by atoms with Crippen molar-refractivity contribution in [2.45, 2.75) is 33.2 Å². The minimum atomic E-state index is -0.116. The second-order valence-electron chi connectivity index (χ2n) is 3.71. The molecule has 0 aliphatic rings. The van der Waals surface area contributed by atoms with Crippen LogP contribution in [0, 0.1) is 0 Å². The lowest BCUT2D eigenvalue weighted by molar-refractivity contribution is 0.583. The van der Waals surface area contributed by atoms with Crippen LogP contribution in [-0.2, 0) is 0 Å². The molecule has 0 rings (SSSR count). The number of nitrogens with zero attached hydrogens (tertiary/aromatic N) is 1. The lowest BCUT2D eigenvalue weighted by Gasteiger charge is -2.11. The Morgan fingerprint density at radius 3 is 2.38 bits per heavy atom. The number of aliphatic imine (C=N–C) groups is 1. The number of rotatable bonds is 3. The van der Waals surface area contributed by atoms with Crippen molar-refractivity contribution in [3.8, 4) is 0 Å². The van der Waals surface area contributed by atoms with Crippen LogP contribution in [0.5, 0.6) is 0 Å². The first kappa shape index (κ1) is 11.8. The summed E-state index contributed by atoms with van der Waals surface area (Å²) in [5.74, 6) is 0.532. The third-order valence-corrected chi connectivity index (χ3v) is 1.08.